The van der Waals surface area contributed by atoms with Crippen molar-refractivity contribution >= 4 is 11.6 Å². The van der Waals surface area contributed by atoms with Gasteiger partial charge in [-0.15, -0.1) is 0 Å². The zero-order valence-corrected chi connectivity index (χ0v) is 13.1. The summed E-state index contributed by atoms with van der Waals surface area (Å²) in [7, 11) is 1.82. The molecule has 0 fully saturated rings. The van der Waals surface area contributed by atoms with E-state index in [1.165, 1.54) is 5.56 Å². The van der Waals surface area contributed by atoms with Gasteiger partial charge in [-0.05, 0) is 32.4 Å². The highest BCUT2D eigenvalue weighted by atomic mass is 16.2. The highest BCUT2D eigenvalue weighted by Gasteiger charge is 2.18. The van der Waals surface area contributed by atoms with Gasteiger partial charge in [-0.25, -0.2) is 0 Å². The number of hydrogen-bond donors (Lipinski definition) is 1. The van der Waals surface area contributed by atoms with Crippen molar-refractivity contribution in [3.05, 3.63) is 53.3 Å². The Bertz CT molecular complexity index is 626. The molecule has 0 aliphatic heterocycles. The number of carbonyl (C=O) groups excluding carboxylic acids is 1. The maximum absolute atomic E-state index is 12.6. The minimum Gasteiger partial charge on any atom is -0.397 e. The average Bonchev–Trinajstić information content (AvgIpc) is 2.82. The summed E-state index contributed by atoms with van der Waals surface area (Å²) in [6.07, 6.45) is 1.82. The number of rotatable bonds is 4. The molecule has 1 aromatic heterocycles. The van der Waals surface area contributed by atoms with Gasteiger partial charge in [0.2, 0.25) is 0 Å². The van der Waals surface area contributed by atoms with Crippen LogP contribution < -0.4 is 5.73 Å². The van der Waals surface area contributed by atoms with E-state index >= 15 is 0 Å². The molecule has 2 rings (SSSR count). The molecule has 0 radical (unpaired) electrons. The number of nitrogens with two attached hydrogens (primary N) is 1. The van der Waals surface area contributed by atoms with E-state index in [0.29, 0.717) is 17.9 Å². The maximum atomic E-state index is 12.6. The number of nitrogen functional groups attached to an aromatic ring is 1. The Kier molecular flexibility index (Phi) is 4.36. The third-order valence-corrected chi connectivity index (χ3v) is 3.53. The SMILES string of the molecule is Cc1ccc(CN(C)C(=O)c2cc(N)cn2C(C)C)cc1. The molecule has 2 N–H and O–H groups in total. The summed E-state index contributed by atoms with van der Waals surface area (Å²) in [5.41, 5.74) is 9.42. The van der Waals surface area contributed by atoms with Gasteiger partial charge in [-0.3, -0.25) is 4.79 Å². The summed E-state index contributed by atoms with van der Waals surface area (Å²) in [4.78, 5) is 14.3. The van der Waals surface area contributed by atoms with Gasteiger partial charge >= 0.3 is 0 Å². The molecule has 0 bridgehead atoms. The highest BCUT2D eigenvalue weighted by Crippen LogP contribution is 2.18. The predicted molar refractivity (Wildman–Crippen MR) is 86.2 cm³/mol. The molecule has 0 aliphatic rings. The first-order chi connectivity index (χ1) is 9.88. The molecule has 1 aromatic carbocycles. The average molecular weight is 285 g/mol. The van der Waals surface area contributed by atoms with E-state index in [1.807, 2.05) is 31.7 Å². The Morgan fingerprint density at radius 1 is 1.29 bits per heavy atom. The first kappa shape index (κ1) is 15.2. The van der Waals surface area contributed by atoms with Crippen LogP contribution in [0.4, 0.5) is 5.69 Å². The Hall–Kier alpha value is -2.23. The molecule has 2 aromatic rings. The number of anilines is 1. The van der Waals surface area contributed by atoms with Gasteiger partial charge < -0.3 is 15.2 Å². The number of aromatic nitrogens is 1. The first-order valence-corrected chi connectivity index (χ1v) is 7.17. The van der Waals surface area contributed by atoms with Crippen molar-refractivity contribution in [3.8, 4) is 0 Å². The van der Waals surface area contributed by atoms with Crippen LogP contribution in [0.25, 0.3) is 0 Å². The second-order valence-corrected chi connectivity index (χ2v) is 5.81. The molecule has 4 heteroatoms. The second kappa shape index (κ2) is 6.04. The number of hydrogen-bond acceptors (Lipinski definition) is 2. The van der Waals surface area contributed by atoms with Crippen LogP contribution in [-0.2, 0) is 6.54 Å². The summed E-state index contributed by atoms with van der Waals surface area (Å²) >= 11 is 0. The Labute approximate surface area is 126 Å². The second-order valence-electron chi connectivity index (χ2n) is 5.81. The molecule has 0 unspecified atom stereocenters. The molecule has 1 heterocycles. The van der Waals surface area contributed by atoms with Crippen molar-refractivity contribution in [2.75, 3.05) is 12.8 Å². The monoisotopic (exact) mass is 285 g/mol. The van der Waals surface area contributed by atoms with Gasteiger partial charge in [0.05, 0.1) is 5.69 Å². The fraction of sp³-hybridized carbons (Fsp3) is 0.353. The van der Waals surface area contributed by atoms with Gasteiger partial charge in [-0.1, -0.05) is 29.8 Å². The van der Waals surface area contributed by atoms with Gasteiger partial charge in [-0.2, -0.15) is 0 Å². The molecule has 112 valence electrons. The number of benzene rings is 1. The predicted octanol–water partition coefficient (Wildman–Crippen LogP) is 3.23. The summed E-state index contributed by atoms with van der Waals surface area (Å²) < 4.78 is 1.92. The normalized spacial score (nSPS) is 10.9. The molecular weight excluding hydrogens is 262 g/mol. The van der Waals surface area contributed by atoms with E-state index in [1.54, 1.807) is 11.0 Å². The Balaban J connectivity index is 2.17. The van der Waals surface area contributed by atoms with Crippen LogP contribution in [0, 0.1) is 6.92 Å². The number of amides is 1. The van der Waals surface area contributed by atoms with Crippen LogP contribution in [0.2, 0.25) is 0 Å². The van der Waals surface area contributed by atoms with Gasteiger partial charge in [0.1, 0.15) is 5.69 Å². The first-order valence-electron chi connectivity index (χ1n) is 7.17. The largest absolute Gasteiger partial charge is 0.397 e. The summed E-state index contributed by atoms with van der Waals surface area (Å²) in [5.74, 6) is -0.0130. The molecule has 0 saturated heterocycles. The lowest BCUT2D eigenvalue weighted by Gasteiger charge is -2.20. The summed E-state index contributed by atoms with van der Waals surface area (Å²) in [6, 6.07) is 10.2. The van der Waals surface area contributed by atoms with E-state index in [0.717, 1.165) is 5.56 Å². The molecule has 1 amide bonds. The smallest absolute Gasteiger partial charge is 0.270 e. The molecular formula is C17H23N3O. The quantitative estimate of drug-likeness (QED) is 0.937. The van der Waals surface area contributed by atoms with E-state index in [-0.39, 0.29) is 11.9 Å². The van der Waals surface area contributed by atoms with Crippen LogP contribution in [0.5, 0.6) is 0 Å². The fourth-order valence-corrected chi connectivity index (χ4v) is 2.33. The number of carbonyl (C=O) groups is 1. The van der Waals surface area contributed by atoms with Crippen molar-refractivity contribution in [2.45, 2.75) is 33.4 Å². The lowest BCUT2D eigenvalue weighted by molar-refractivity contribution is 0.0773. The zero-order chi connectivity index (χ0) is 15.6. The van der Waals surface area contributed by atoms with Crippen LogP contribution in [0.15, 0.2) is 36.5 Å². The van der Waals surface area contributed by atoms with Crippen LogP contribution in [0.1, 0.15) is 41.5 Å². The van der Waals surface area contributed by atoms with Crippen molar-refractivity contribution < 1.29 is 4.79 Å². The maximum Gasteiger partial charge on any atom is 0.270 e. The van der Waals surface area contributed by atoms with E-state index in [2.05, 4.69) is 31.2 Å². The van der Waals surface area contributed by atoms with Crippen LogP contribution in [0.3, 0.4) is 0 Å². The van der Waals surface area contributed by atoms with Crippen molar-refractivity contribution in [1.82, 2.24) is 9.47 Å². The van der Waals surface area contributed by atoms with Gasteiger partial charge in [0, 0.05) is 25.8 Å². The Morgan fingerprint density at radius 3 is 2.48 bits per heavy atom. The molecule has 0 saturated carbocycles. The standard InChI is InChI=1S/C17H23N3O/c1-12(2)20-11-15(18)9-16(20)17(21)19(4)10-14-7-5-13(3)6-8-14/h5-9,11-12H,10,18H2,1-4H3. The van der Waals surface area contributed by atoms with Crippen LogP contribution >= 0.6 is 0 Å². The lowest BCUT2D eigenvalue weighted by Crippen LogP contribution is -2.28. The molecule has 0 aliphatic carbocycles. The minimum absolute atomic E-state index is 0.0130. The third-order valence-electron chi connectivity index (χ3n) is 3.53. The van der Waals surface area contributed by atoms with Gasteiger partial charge in [0.15, 0.2) is 0 Å². The molecule has 0 atom stereocenters. The summed E-state index contributed by atoms with van der Waals surface area (Å²) in [6.45, 7) is 6.71. The Morgan fingerprint density at radius 2 is 1.90 bits per heavy atom. The molecule has 21 heavy (non-hydrogen) atoms. The van der Waals surface area contributed by atoms with Crippen molar-refractivity contribution in [3.63, 3.8) is 0 Å². The lowest BCUT2D eigenvalue weighted by atomic mass is 10.1. The molecule has 4 nitrogen and oxygen atoms in total. The number of nitrogens with zero attached hydrogens (tertiary/aromatic N) is 2. The van der Waals surface area contributed by atoms with Crippen LogP contribution in [-0.4, -0.2) is 22.4 Å². The summed E-state index contributed by atoms with van der Waals surface area (Å²) in [5, 5.41) is 0. The minimum atomic E-state index is -0.0130. The third kappa shape index (κ3) is 3.45. The van der Waals surface area contributed by atoms with E-state index in [4.69, 9.17) is 5.73 Å². The number of aryl methyl sites for hydroxylation is 1. The van der Waals surface area contributed by atoms with Gasteiger partial charge in [0.25, 0.3) is 5.91 Å². The topological polar surface area (TPSA) is 51.3 Å². The fourth-order valence-electron chi connectivity index (χ4n) is 2.33. The van der Waals surface area contributed by atoms with Crippen molar-refractivity contribution in [2.24, 2.45) is 0 Å². The van der Waals surface area contributed by atoms with E-state index < -0.39 is 0 Å². The molecule has 0 spiro atoms. The van der Waals surface area contributed by atoms with Crippen molar-refractivity contribution in [1.29, 1.82) is 0 Å². The zero-order valence-electron chi connectivity index (χ0n) is 13.1. The highest BCUT2D eigenvalue weighted by molar-refractivity contribution is 5.93. The van der Waals surface area contributed by atoms with E-state index in [9.17, 15) is 4.79 Å².